The van der Waals surface area contributed by atoms with E-state index < -0.39 is 4.92 Å². The van der Waals surface area contributed by atoms with Crippen LogP contribution in [0.15, 0.2) is 42.5 Å². The van der Waals surface area contributed by atoms with Crippen molar-refractivity contribution in [3.8, 4) is 5.75 Å². The fourth-order valence-electron chi connectivity index (χ4n) is 2.20. The Balaban J connectivity index is 1.90. The van der Waals surface area contributed by atoms with E-state index in [0.717, 1.165) is 11.3 Å². The van der Waals surface area contributed by atoms with E-state index in [-0.39, 0.29) is 11.6 Å². The molecule has 0 saturated carbocycles. The van der Waals surface area contributed by atoms with E-state index >= 15 is 0 Å². The SMILES string of the molecule is Cc1cccc(OCCNC(=O)c2cccc([N+](=O)[O-])c2C)c1. The number of amides is 1. The van der Waals surface area contributed by atoms with Gasteiger partial charge in [-0.25, -0.2) is 0 Å². The van der Waals surface area contributed by atoms with Gasteiger partial charge in [0.25, 0.3) is 11.6 Å². The Morgan fingerprint density at radius 1 is 1.22 bits per heavy atom. The topological polar surface area (TPSA) is 81.5 Å². The monoisotopic (exact) mass is 314 g/mol. The number of carbonyl (C=O) groups excluding carboxylic acids is 1. The number of ether oxygens (including phenoxy) is 1. The van der Waals surface area contributed by atoms with E-state index in [1.807, 2.05) is 31.2 Å². The van der Waals surface area contributed by atoms with Crippen LogP contribution in [-0.2, 0) is 0 Å². The lowest BCUT2D eigenvalue weighted by atomic mass is 10.1. The zero-order valence-corrected chi connectivity index (χ0v) is 13.0. The number of rotatable bonds is 6. The molecule has 0 aromatic heterocycles. The Labute approximate surface area is 134 Å². The third-order valence-corrected chi connectivity index (χ3v) is 3.39. The second-order valence-electron chi connectivity index (χ2n) is 5.13. The van der Waals surface area contributed by atoms with Crippen LogP contribution in [0, 0.1) is 24.0 Å². The number of benzene rings is 2. The van der Waals surface area contributed by atoms with Crippen molar-refractivity contribution in [1.29, 1.82) is 0 Å². The Morgan fingerprint density at radius 2 is 1.96 bits per heavy atom. The molecule has 0 aliphatic heterocycles. The first-order valence-electron chi connectivity index (χ1n) is 7.20. The van der Waals surface area contributed by atoms with E-state index in [2.05, 4.69) is 5.32 Å². The first-order chi connectivity index (χ1) is 11.0. The zero-order valence-electron chi connectivity index (χ0n) is 13.0. The maximum atomic E-state index is 12.1. The zero-order chi connectivity index (χ0) is 16.8. The quantitative estimate of drug-likeness (QED) is 0.505. The molecular weight excluding hydrogens is 296 g/mol. The molecule has 6 nitrogen and oxygen atoms in total. The highest BCUT2D eigenvalue weighted by Crippen LogP contribution is 2.20. The maximum absolute atomic E-state index is 12.1. The molecule has 0 radical (unpaired) electrons. The Hall–Kier alpha value is -2.89. The maximum Gasteiger partial charge on any atom is 0.273 e. The van der Waals surface area contributed by atoms with Crippen LogP contribution >= 0.6 is 0 Å². The van der Waals surface area contributed by atoms with Crippen LogP contribution in [0.3, 0.4) is 0 Å². The van der Waals surface area contributed by atoms with Crippen LogP contribution in [0.25, 0.3) is 0 Å². The summed E-state index contributed by atoms with van der Waals surface area (Å²) >= 11 is 0. The molecule has 0 saturated heterocycles. The molecule has 0 heterocycles. The minimum atomic E-state index is -0.493. The van der Waals surface area contributed by atoms with Crippen molar-refractivity contribution in [3.05, 3.63) is 69.3 Å². The lowest BCUT2D eigenvalue weighted by Gasteiger charge is -2.09. The van der Waals surface area contributed by atoms with Gasteiger partial charge in [0.15, 0.2) is 0 Å². The molecule has 2 aromatic rings. The van der Waals surface area contributed by atoms with Crippen molar-refractivity contribution in [2.75, 3.05) is 13.2 Å². The minimum absolute atomic E-state index is 0.0614. The molecule has 2 aromatic carbocycles. The molecule has 120 valence electrons. The van der Waals surface area contributed by atoms with Crippen molar-refractivity contribution in [2.24, 2.45) is 0 Å². The third kappa shape index (κ3) is 4.29. The fraction of sp³-hybridized carbons (Fsp3) is 0.235. The Morgan fingerprint density at radius 3 is 2.65 bits per heavy atom. The second kappa shape index (κ2) is 7.40. The molecule has 0 aliphatic carbocycles. The summed E-state index contributed by atoms with van der Waals surface area (Å²) in [6, 6.07) is 12.1. The Kier molecular flexibility index (Phi) is 5.30. The van der Waals surface area contributed by atoms with Gasteiger partial charge in [0.2, 0.25) is 0 Å². The number of carbonyl (C=O) groups is 1. The van der Waals surface area contributed by atoms with Gasteiger partial charge in [0.05, 0.1) is 11.5 Å². The van der Waals surface area contributed by atoms with E-state index in [0.29, 0.717) is 24.3 Å². The molecule has 1 amide bonds. The molecular formula is C17H18N2O4. The Bertz CT molecular complexity index is 728. The van der Waals surface area contributed by atoms with Crippen molar-refractivity contribution in [3.63, 3.8) is 0 Å². The van der Waals surface area contributed by atoms with Crippen molar-refractivity contribution in [1.82, 2.24) is 5.32 Å². The van der Waals surface area contributed by atoms with Gasteiger partial charge in [0.1, 0.15) is 12.4 Å². The molecule has 2 rings (SSSR count). The van der Waals surface area contributed by atoms with Gasteiger partial charge in [0, 0.05) is 17.2 Å². The molecule has 0 fully saturated rings. The summed E-state index contributed by atoms with van der Waals surface area (Å²) in [6.07, 6.45) is 0. The first kappa shape index (κ1) is 16.5. The van der Waals surface area contributed by atoms with E-state index in [4.69, 9.17) is 4.74 Å². The lowest BCUT2D eigenvalue weighted by Crippen LogP contribution is -2.28. The second-order valence-corrected chi connectivity index (χ2v) is 5.13. The van der Waals surface area contributed by atoms with E-state index in [1.54, 1.807) is 13.0 Å². The van der Waals surface area contributed by atoms with Gasteiger partial charge < -0.3 is 10.1 Å². The summed E-state index contributed by atoms with van der Waals surface area (Å²) in [5, 5.41) is 13.6. The average molecular weight is 314 g/mol. The molecule has 0 unspecified atom stereocenters. The van der Waals surface area contributed by atoms with Gasteiger partial charge in [-0.2, -0.15) is 0 Å². The van der Waals surface area contributed by atoms with Crippen LogP contribution in [0.4, 0.5) is 5.69 Å². The average Bonchev–Trinajstić information content (AvgIpc) is 2.51. The normalized spacial score (nSPS) is 10.2. The predicted molar refractivity (Wildman–Crippen MR) is 86.8 cm³/mol. The molecule has 0 atom stereocenters. The van der Waals surface area contributed by atoms with Gasteiger partial charge in [-0.1, -0.05) is 18.2 Å². The molecule has 1 N–H and O–H groups in total. The van der Waals surface area contributed by atoms with E-state index in [1.165, 1.54) is 12.1 Å². The highest BCUT2D eigenvalue weighted by Gasteiger charge is 2.17. The summed E-state index contributed by atoms with van der Waals surface area (Å²) in [5.74, 6) is 0.393. The number of nitro benzene ring substituents is 1. The number of hydrogen-bond donors (Lipinski definition) is 1. The van der Waals surface area contributed by atoms with Crippen molar-refractivity contribution >= 4 is 11.6 Å². The smallest absolute Gasteiger partial charge is 0.273 e. The summed E-state index contributed by atoms with van der Waals surface area (Å²) < 4.78 is 5.54. The number of nitro groups is 1. The number of hydrogen-bond acceptors (Lipinski definition) is 4. The molecule has 23 heavy (non-hydrogen) atoms. The summed E-state index contributed by atoms with van der Waals surface area (Å²) in [4.78, 5) is 22.5. The van der Waals surface area contributed by atoms with Gasteiger partial charge in [-0.05, 0) is 37.6 Å². The van der Waals surface area contributed by atoms with Gasteiger partial charge in [-0.15, -0.1) is 0 Å². The predicted octanol–water partition coefficient (Wildman–Crippen LogP) is 3.02. The molecule has 0 bridgehead atoms. The summed E-state index contributed by atoms with van der Waals surface area (Å²) in [5.41, 5.74) is 1.69. The van der Waals surface area contributed by atoms with Crippen molar-refractivity contribution < 1.29 is 14.5 Å². The molecule has 0 spiro atoms. The molecule has 0 aliphatic rings. The highest BCUT2D eigenvalue weighted by atomic mass is 16.6. The lowest BCUT2D eigenvalue weighted by molar-refractivity contribution is -0.385. The van der Waals surface area contributed by atoms with Crippen LogP contribution < -0.4 is 10.1 Å². The first-order valence-corrected chi connectivity index (χ1v) is 7.20. The summed E-state index contributed by atoms with van der Waals surface area (Å²) in [7, 11) is 0. The van der Waals surface area contributed by atoms with Gasteiger partial charge in [-0.3, -0.25) is 14.9 Å². The minimum Gasteiger partial charge on any atom is -0.492 e. The number of nitrogens with one attached hydrogen (secondary N) is 1. The van der Waals surface area contributed by atoms with Crippen molar-refractivity contribution in [2.45, 2.75) is 13.8 Å². The van der Waals surface area contributed by atoms with Crippen LogP contribution in [0.1, 0.15) is 21.5 Å². The van der Waals surface area contributed by atoms with Crippen LogP contribution in [-0.4, -0.2) is 24.0 Å². The van der Waals surface area contributed by atoms with Crippen LogP contribution in [0.5, 0.6) is 5.75 Å². The number of aryl methyl sites for hydroxylation is 1. The third-order valence-electron chi connectivity index (χ3n) is 3.39. The number of nitrogens with zero attached hydrogens (tertiary/aromatic N) is 1. The largest absolute Gasteiger partial charge is 0.492 e. The fourth-order valence-corrected chi connectivity index (χ4v) is 2.20. The summed E-state index contributed by atoms with van der Waals surface area (Å²) in [6.45, 7) is 4.17. The standard InChI is InChI=1S/C17H18N2O4/c1-12-5-3-6-14(11-12)23-10-9-18-17(20)15-7-4-8-16(13(15)2)19(21)22/h3-8,11H,9-10H2,1-2H3,(H,18,20). The molecule has 6 heteroatoms. The van der Waals surface area contributed by atoms with Crippen LogP contribution in [0.2, 0.25) is 0 Å². The van der Waals surface area contributed by atoms with E-state index in [9.17, 15) is 14.9 Å². The van der Waals surface area contributed by atoms with Gasteiger partial charge >= 0.3 is 0 Å². The highest BCUT2D eigenvalue weighted by molar-refractivity contribution is 5.96.